The quantitative estimate of drug-likeness (QED) is 0.794. The number of benzene rings is 1. The van der Waals surface area contributed by atoms with Crippen LogP contribution in [0.2, 0.25) is 0 Å². The van der Waals surface area contributed by atoms with Crippen LogP contribution < -0.4 is 25.5 Å². The molecular weight excluding hydrogens is 338 g/mol. The van der Waals surface area contributed by atoms with Gasteiger partial charge in [-0.3, -0.25) is 14.3 Å². The first-order valence-electron chi connectivity index (χ1n) is 7.73. The molecule has 2 aromatic rings. The van der Waals surface area contributed by atoms with E-state index in [1.54, 1.807) is 52.5 Å². The second-order valence-corrected chi connectivity index (χ2v) is 5.36. The number of aromatic amines is 1. The molecule has 0 radical (unpaired) electrons. The van der Waals surface area contributed by atoms with E-state index in [0.29, 0.717) is 28.6 Å². The summed E-state index contributed by atoms with van der Waals surface area (Å²) in [4.78, 5) is 29.7. The summed E-state index contributed by atoms with van der Waals surface area (Å²) in [5.74, 6) is 1.88. The van der Waals surface area contributed by atoms with Crippen LogP contribution in [0.25, 0.3) is 6.08 Å². The summed E-state index contributed by atoms with van der Waals surface area (Å²) in [6.45, 7) is 1.61. The Morgan fingerprint density at radius 1 is 1.08 bits per heavy atom. The molecule has 0 atom stereocenters. The van der Waals surface area contributed by atoms with Crippen LogP contribution in [0.1, 0.15) is 11.1 Å². The van der Waals surface area contributed by atoms with E-state index in [-0.39, 0.29) is 0 Å². The highest BCUT2D eigenvalue weighted by atomic mass is 16.5. The molecule has 0 amide bonds. The molecule has 2 rings (SSSR count). The Balaban J connectivity index is 2.34. The normalized spacial score (nSPS) is 11.3. The lowest BCUT2D eigenvalue weighted by molar-refractivity contribution is 0.324. The summed E-state index contributed by atoms with van der Waals surface area (Å²) in [5, 5.41) is 0. The molecule has 26 heavy (non-hydrogen) atoms. The van der Waals surface area contributed by atoms with Gasteiger partial charge in [0.1, 0.15) is 5.82 Å². The van der Waals surface area contributed by atoms with Crippen molar-refractivity contribution in [1.82, 2.24) is 9.55 Å². The van der Waals surface area contributed by atoms with Gasteiger partial charge in [-0.25, -0.2) is 9.79 Å². The Morgan fingerprint density at radius 2 is 1.69 bits per heavy atom. The molecule has 0 fully saturated rings. The summed E-state index contributed by atoms with van der Waals surface area (Å²) in [7, 11) is 6.17. The fraction of sp³-hybridized carbons (Fsp3) is 0.278. The molecule has 0 saturated heterocycles. The van der Waals surface area contributed by atoms with E-state index in [1.807, 2.05) is 0 Å². The standard InChI is InChI=1S/C18H21N3O5/c1-11-16(21(2)18(23)20-17(11)22)19-8-6-7-12-9-13(24-3)15(26-5)14(10-12)25-4/h6-10H,1-5H3,(H,20,22,23)/b7-6+,19-8?. The Morgan fingerprint density at radius 3 is 2.23 bits per heavy atom. The first kappa shape index (κ1) is 19.0. The highest BCUT2D eigenvalue weighted by Gasteiger charge is 2.11. The Labute approximate surface area is 150 Å². The summed E-state index contributed by atoms with van der Waals surface area (Å²) in [6, 6.07) is 3.58. The predicted molar refractivity (Wildman–Crippen MR) is 100 cm³/mol. The number of H-pyrrole nitrogens is 1. The van der Waals surface area contributed by atoms with Crippen molar-refractivity contribution in [2.24, 2.45) is 12.0 Å². The Kier molecular flexibility index (Phi) is 6.00. The van der Waals surface area contributed by atoms with Crippen LogP contribution in [-0.2, 0) is 7.05 Å². The summed E-state index contributed by atoms with van der Waals surface area (Å²) in [5.41, 5.74) is 0.210. The lowest BCUT2D eigenvalue weighted by Crippen LogP contribution is -2.29. The topological polar surface area (TPSA) is 94.9 Å². The zero-order chi connectivity index (χ0) is 19.3. The number of rotatable bonds is 6. The smallest absolute Gasteiger partial charge is 0.329 e. The third kappa shape index (κ3) is 3.85. The zero-order valence-corrected chi connectivity index (χ0v) is 15.3. The van der Waals surface area contributed by atoms with Gasteiger partial charge >= 0.3 is 5.69 Å². The van der Waals surface area contributed by atoms with E-state index < -0.39 is 11.2 Å². The van der Waals surface area contributed by atoms with Gasteiger partial charge in [-0.05, 0) is 30.7 Å². The summed E-state index contributed by atoms with van der Waals surface area (Å²) >= 11 is 0. The second kappa shape index (κ2) is 8.19. The monoisotopic (exact) mass is 359 g/mol. The van der Waals surface area contributed by atoms with Crippen LogP contribution in [0.5, 0.6) is 17.2 Å². The van der Waals surface area contributed by atoms with E-state index in [0.717, 1.165) is 5.56 Å². The highest BCUT2D eigenvalue weighted by Crippen LogP contribution is 2.38. The van der Waals surface area contributed by atoms with Gasteiger partial charge in [-0.2, -0.15) is 0 Å². The molecule has 1 heterocycles. The molecule has 0 aliphatic rings. The molecule has 0 aliphatic carbocycles. The number of nitrogens with one attached hydrogen (secondary N) is 1. The van der Waals surface area contributed by atoms with Gasteiger partial charge in [-0.1, -0.05) is 6.08 Å². The van der Waals surface area contributed by atoms with Crippen molar-refractivity contribution in [2.45, 2.75) is 6.92 Å². The lowest BCUT2D eigenvalue weighted by atomic mass is 10.1. The van der Waals surface area contributed by atoms with Crippen molar-refractivity contribution in [3.63, 3.8) is 0 Å². The van der Waals surface area contributed by atoms with Gasteiger partial charge < -0.3 is 14.2 Å². The molecular formula is C18H21N3O5. The van der Waals surface area contributed by atoms with Gasteiger partial charge in [0, 0.05) is 13.3 Å². The van der Waals surface area contributed by atoms with Gasteiger partial charge in [0.25, 0.3) is 5.56 Å². The first-order chi connectivity index (χ1) is 12.4. The first-order valence-corrected chi connectivity index (χ1v) is 7.73. The van der Waals surface area contributed by atoms with Crippen molar-refractivity contribution in [3.05, 3.63) is 50.2 Å². The van der Waals surface area contributed by atoms with Crippen LogP contribution in [-0.4, -0.2) is 37.1 Å². The minimum atomic E-state index is -0.513. The average molecular weight is 359 g/mol. The maximum atomic E-state index is 11.7. The van der Waals surface area contributed by atoms with Gasteiger partial charge in [0.2, 0.25) is 5.75 Å². The largest absolute Gasteiger partial charge is 0.493 e. The maximum Gasteiger partial charge on any atom is 0.329 e. The number of nitrogens with zero attached hydrogens (tertiary/aromatic N) is 2. The molecule has 8 heteroatoms. The lowest BCUT2D eigenvalue weighted by Gasteiger charge is -2.12. The van der Waals surface area contributed by atoms with Crippen molar-refractivity contribution >= 4 is 18.1 Å². The molecule has 138 valence electrons. The molecule has 8 nitrogen and oxygen atoms in total. The van der Waals surface area contributed by atoms with E-state index in [4.69, 9.17) is 14.2 Å². The van der Waals surface area contributed by atoms with Crippen molar-refractivity contribution in [2.75, 3.05) is 21.3 Å². The SMILES string of the molecule is COc1cc(/C=C/C=Nc2c(C)c(=O)[nH]c(=O)n2C)cc(OC)c1OC. The van der Waals surface area contributed by atoms with E-state index in [2.05, 4.69) is 9.98 Å². The van der Waals surface area contributed by atoms with Crippen LogP contribution in [0.3, 0.4) is 0 Å². The fourth-order valence-electron chi connectivity index (χ4n) is 2.37. The van der Waals surface area contributed by atoms with Gasteiger partial charge in [0.15, 0.2) is 11.5 Å². The minimum Gasteiger partial charge on any atom is -0.493 e. The van der Waals surface area contributed by atoms with E-state index >= 15 is 0 Å². The minimum absolute atomic E-state index is 0.299. The number of aromatic nitrogens is 2. The third-order valence-electron chi connectivity index (χ3n) is 3.78. The van der Waals surface area contributed by atoms with E-state index in [1.165, 1.54) is 17.9 Å². The van der Waals surface area contributed by atoms with Crippen LogP contribution >= 0.6 is 0 Å². The van der Waals surface area contributed by atoms with Crippen molar-refractivity contribution < 1.29 is 14.2 Å². The number of hydrogen-bond donors (Lipinski definition) is 1. The summed E-state index contributed by atoms with van der Waals surface area (Å²) in [6.07, 6.45) is 4.98. The number of methoxy groups -OCH3 is 3. The van der Waals surface area contributed by atoms with Crippen LogP contribution in [0, 0.1) is 6.92 Å². The number of allylic oxidation sites excluding steroid dienone is 1. The average Bonchev–Trinajstić information content (AvgIpc) is 2.64. The molecule has 0 unspecified atom stereocenters. The fourth-order valence-corrected chi connectivity index (χ4v) is 2.37. The van der Waals surface area contributed by atoms with Gasteiger partial charge in [-0.15, -0.1) is 0 Å². The molecule has 0 saturated carbocycles. The second-order valence-electron chi connectivity index (χ2n) is 5.36. The molecule has 0 bridgehead atoms. The Bertz CT molecular complexity index is 911. The van der Waals surface area contributed by atoms with Crippen molar-refractivity contribution in [1.29, 1.82) is 0 Å². The van der Waals surface area contributed by atoms with E-state index in [9.17, 15) is 9.59 Å². The maximum absolute atomic E-state index is 11.7. The van der Waals surface area contributed by atoms with Crippen LogP contribution in [0.4, 0.5) is 5.82 Å². The van der Waals surface area contributed by atoms with Crippen LogP contribution in [0.15, 0.2) is 32.8 Å². The predicted octanol–water partition coefficient (Wildman–Crippen LogP) is 1.82. The molecule has 0 spiro atoms. The molecule has 1 N–H and O–H groups in total. The Hall–Kier alpha value is -3.29. The number of aliphatic imine (C=N–C) groups is 1. The summed E-state index contributed by atoms with van der Waals surface area (Å²) < 4.78 is 17.2. The zero-order valence-electron chi connectivity index (χ0n) is 15.3. The van der Waals surface area contributed by atoms with Crippen molar-refractivity contribution in [3.8, 4) is 17.2 Å². The molecule has 0 aliphatic heterocycles. The highest BCUT2D eigenvalue weighted by molar-refractivity contribution is 5.81. The number of ether oxygens (including phenoxy) is 3. The third-order valence-corrected chi connectivity index (χ3v) is 3.78. The number of hydrogen-bond acceptors (Lipinski definition) is 6. The van der Waals surface area contributed by atoms with Gasteiger partial charge in [0.05, 0.1) is 26.9 Å². The molecule has 1 aromatic carbocycles. The molecule has 1 aromatic heterocycles.